The second kappa shape index (κ2) is 13.6. The van der Waals surface area contributed by atoms with Gasteiger partial charge in [0.1, 0.15) is 6.04 Å². The van der Waals surface area contributed by atoms with E-state index in [0.717, 1.165) is 35.6 Å². The first-order chi connectivity index (χ1) is 17.9. The Hall–Kier alpha value is -4.37. The molecule has 3 aromatic rings. The van der Waals surface area contributed by atoms with E-state index in [1.807, 2.05) is 47.4 Å². The molecule has 0 saturated carbocycles. The number of piperidine rings is 1. The highest BCUT2D eigenvalue weighted by Gasteiger charge is 2.30. The summed E-state index contributed by atoms with van der Waals surface area (Å²) in [7, 11) is 0. The normalized spacial score (nSPS) is 14.5. The fraction of sp³-hybridized carbons (Fsp3) is 0.385. The van der Waals surface area contributed by atoms with Crippen molar-refractivity contribution in [3.05, 3.63) is 76.7 Å². The molecule has 2 atom stereocenters. The van der Waals surface area contributed by atoms with Crippen molar-refractivity contribution < 1.29 is 19.5 Å². The molecule has 4 rings (SSSR count). The summed E-state index contributed by atoms with van der Waals surface area (Å²) < 4.78 is 0. The minimum atomic E-state index is -1.13. The molecule has 0 spiro atoms. The van der Waals surface area contributed by atoms with Crippen molar-refractivity contribution in [1.29, 1.82) is 5.53 Å². The van der Waals surface area contributed by atoms with Gasteiger partial charge in [-0.05, 0) is 52.5 Å². The largest absolute Gasteiger partial charge is 0.480 e. The highest BCUT2D eigenvalue weighted by molar-refractivity contribution is 5.90. The zero-order chi connectivity index (χ0) is 26.6. The van der Waals surface area contributed by atoms with Gasteiger partial charge in [-0.3, -0.25) is 9.59 Å². The average Bonchev–Trinajstić information content (AvgIpc) is 3.42. The number of benzene rings is 2. The topological polar surface area (TPSA) is 176 Å². The summed E-state index contributed by atoms with van der Waals surface area (Å²) in [5, 5.41) is 14.5. The summed E-state index contributed by atoms with van der Waals surface area (Å²) in [5.74, 6) is -2.29. The smallest absolute Gasteiger partial charge is 0.326 e. The van der Waals surface area contributed by atoms with Gasteiger partial charge in [0.15, 0.2) is 0 Å². The van der Waals surface area contributed by atoms with Gasteiger partial charge in [0, 0.05) is 37.8 Å². The fourth-order valence-corrected chi connectivity index (χ4v) is 4.58. The second-order valence-corrected chi connectivity index (χ2v) is 8.97. The Labute approximate surface area is 214 Å². The summed E-state index contributed by atoms with van der Waals surface area (Å²) >= 11 is 0. The maximum absolute atomic E-state index is 13.4. The van der Waals surface area contributed by atoms with Crippen molar-refractivity contribution in [2.24, 2.45) is 5.92 Å². The number of nitrogens with one attached hydrogen (secondary N) is 3. The third-order valence-corrected chi connectivity index (χ3v) is 6.44. The molecular formula is C26H31N7O4. The second-order valence-electron chi connectivity index (χ2n) is 8.97. The zero-order valence-electron chi connectivity index (χ0n) is 20.5. The summed E-state index contributed by atoms with van der Waals surface area (Å²) in [6.45, 7) is 1.41. The number of carboxylic acid groups (broad SMARTS) is 1. The van der Waals surface area contributed by atoms with Crippen LogP contribution in [0.4, 0.5) is 0 Å². The van der Waals surface area contributed by atoms with Crippen LogP contribution in [0.3, 0.4) is 0 Å². The predicted molar refractivity (Wildman–Crippen MR) is 137 cm³/mol. The van der Waals surface area contributed by atoms with E-state index in [0.29, 0.717) is 25.2 Å². The number of aliphatic carboxylic acids is 1. The third-order valence-electron chi connectivity index (χ3n) is 6.44. The maximum atomic E-state index is 13.4. The molecule has 2 amide bonds. The number of likely N-dealkylation sites (tertiary alicyclic amines) is 1. The lowest BCUT2D eigenvalue weighted by molar-refractivity contribution is -0.143. The van der Waals surface area contributed by atoms with E-state index in [1.165, 1.54) is 12.5 Å². The lowest BCUT2D eigenvalue weighted by atomic mass is 9.91. The van der Waals surface area contributed by atoms with Crippen LogP contribution >= 0.6 is 0 Å². The van der Waals surface area contributed by atoms with Gasteiger partial charge < -0.3 is 20.3 Å². The van der Waals surface area contributed by atoms with E-state index < -0.39 is 23.8 Å². The van der Waals surface area contributed by atoms with E-state index in [9.17, 15) is 19.5 Å². The van der Waals surface area contributed by atoms with Gasteiger partial charge in [0.2, 0.25) is 11.8 Å². The van der Waals surface area contributed by atoms with Gasteiger partial charge in [0.25, 0.3) is 0 Å². The Kier molecular flexibility index (Phi) is 10.0. The van der Waals surface area contributed by atoms with Crippen molar-refractivity contribution >= 4 is 28.6 Å². The van der Waals surface area contributed by atoms with Crippen LogP contribution in [0.15, 0.2) is 55.0 Å². The number of aromatic nitrogens is 2. The lowest BCUT2D eigenvalue weighted by Gasteiger charge is -2.28. The van der Waals surface area contributed by atoms with E-state index in [2.05, 4.69) is 15.3 Å². The number of amides is 2. The summed E-state index contributed by atoms with van der Waals surface area (Å²) in [5.41, 5.74) is 13.8. The molecule has 2 aromatic carbocycles. The first-order valence-corrected chi connectivity index (χ1v) is 12.2. The molecule has 0 bridgehead atoms. The Bertz CT molecular complexity index is 1230. The number of aromatic amines is 1. The number of carbonyl (C=O) groups is 3. The Morgan fingerprint density at radius 3 is 2.49 bits per heavy atom. The molecule has 1 aromatic heterocycles. The molecule has 37 heavy (non-hydrogen) atoms. The van der Waals surface area contributed by atoms with E-state index in [4.69, 9.17) is 11.1 Å². The average molecular weight is 506 g/mol. The number of imidazole rings is 1. The van der Waals surface area contributed by atoms with E-state index in [1.54, 1.807) is 4.91 Å². The van der Waals surface area contributed by atoms with Crippen LogP contribution in [0.25, 0.3) is 21.2 Å². The van der Waals surface area contributed by atoms with Crippen molar-refractivity contribution in [2.75, 3.05) is 13.1 Å². The van der Waals surface area contributed by atoms with Gasteiger partial charge in [0.05, 0.1) is 12.2 Å². The molecule has 1 unspecified atom stereocenters. The minimum absolute atomic E-state index is 0.0471. The SMILES string of the molecule is O=C(N[C@@H](Cc1cnc[nH]1)C(=O)O)C(CC(=O)N1CCCCC1)Cc1cccc2ccccc12.[N-]=[N+]=N. The van der Waals surface area contributed by atoms with Crippen LogP contribution in [-0.4, -0.2) is 56.9 Å². The standard InChI is InChI=1S/C26H30N4O4.HN3/c31-24(30-11-4-1-5-12-30)14-20(13-19-9-6-8-18-7-2-3-10-22(18)19)25(32)29-23(26(33)34)15-21-16-27-17-28-21;1-3-2/h2-3,6-10,16-17,20,23H,1,4-5,11-15H2,(H,27,28)(H,29,32)(H,33,34);1H/t20?,23-;/m0./s1. The predicted octanol–water partition coefficient (Wildman–Crippen LogP) is 3.81. The fourth-order valence-electron chi connectivity index (χ4n) is 4.58. The quantitative estimate of drug-likeness (QED) is 0.196. The number of hydrogen-bond acceptors (Lipinski definition) is 5. The number of carboxylic acids is 1. The van der Waals surface area contributed by atoms with Gasteiger partial charge in [-0.2, -0.15) is 0 Å². The number of H-pyrrole nitrogens is 1. The van der Waals surface area contributed by atoms with Crippen LogP contribution < -0.4 is 5.32 Å². The first kappa shape index (κ1) is 27.2. The number of nitrogens with zero attached hydrogens (tertiary/aromatic N) is 4. The van der Waals surface area contributed by atoms with Crippen molar-refractivity contribution in [1.82, 2.24) is 20.2 Å². The number of carbonyl (C=O) groups excluding carboxylic acids is 2. The third kappa shape index (κ3) is 7.81. The summed E-state index contributed by atoms with van der Waals surface area (Å²) in [4.78, 5) is 48.7. The molecule has 1 aliphatic rings. The molecule has 4 N–H and O–H groups in total. The highest BCUT2D eigenvalue weighted by atomic mass is 16.4. The molecule has 11 nitrogen and oxygen atoms in total. The van der Waals surface area contributed by atoms with Crippen molar-refractivity contribution in [2.45, 2.75) is 44.6 Å². The Balaban J connectivity index is 0.00000121. The molecule has 0 radical (unpaired) electrons. The van der Waals surface area contributed by atoms with Gasteiger partial charge >= 0.3 is 5.97 Å². The molecule has 2 heterocycles. The number of fused-ring (bicyclic) bond motifs is 1. The molecule has 11 heteroatoms. The van der Waals surface area contributed by atoms with Crippen molar-refractivity contribution in [3.8, 4) is 0 Å². The van der Waals surface area contributed by atoms with Crippen LogP contribution in [0.5, 0.6) is 0 Å². The van der Waals surface area contributed by atoms with Crippen LogP contribution in [0.1, 0.15) is 36.9 Å². The molecule has 1 aliphatic heterocycles. The molecule has 0 aliphatic carbocycles. The van der Waals surface area contributed by atoms with Crippen LogP contribution in [0, 0.1) is 11.4 Å². The summed E-state index contributed by atoms with van der Waals surface area (Å²) in [6.07, 6.45) is 6.54. The van der Waals surface area contributed by atoms with Crippen LogP contribution in [0.2, 0.25) is 0 Å². The molecule has 194 valence electrons. The Morgan fingerprint density at radius 2 is 1.81 bits per heavy atom. The van der Waals surface area contributed by atoms with Gasteiger partial charge in [-0.15, -0.1) is 5.53 Å². The number of rotatable bonds is 9. The van der Waals surface area contributed by atoms with E-state index in [-0.39, 0.29) is 18.7 Å². The molecule has 1 saturated heterocycles. The molecular weight excluding hydrogens is 474 g/mol. The van der Waals surface area contributed by atoms with E-state index >= 15 is 0 Å². The summed E-state index contributed by atoms with van der Waals surface area (Å²) in [6, 6.07) is 12.7. The van der Waals surface area contributed by atoms with Gasteiger partial charge in [-0.1, -0.05) is 42.5 Å². The van der Waals surface area contributed by atoms with Crippen LogP contribution in [-0.2, 0) is 27.2 Å². The van der Waals surface area contributed by atoms with Gasteiger partial charge in [-0.25, -0.2) is 9.78 Å². The maximum Gasteiger partial charge on any atom is 0.326 e. The minimum Gasteiger partial charge on any atom is -0.480 e. The zero-order valence-corrected chi connectivity index (χ0v) is 20.5. The monoisotopic (exact) mass is 505 g/mol. The molecule has 1 fully saturated rings. The van der Waals surface area contributed by atoms with Crippen molar-refractivity contribution in [3.63, 3.8) is 0 Å². The first-order valence-electron chi connectivity index (χ1n) is 12.2. The highest BCUT2D eigenvalue weighted by Crippen LogP contribution is 2.24. The lowest BCUT2D eigenvalue weighted by Crippen LogP contribution is -2.47. The Morgan fingerprint density at radius 1 is 1.11 bits per heavy atom. The number of hydrogen-bond donors (Lipinski definition) is 4.